The SMILES string of the molecule is CC(NC(=O)C1(N)CCOCC1)c1cccc(S(=O)(=O)N(C)C)c1.Cl. The number of hydrogen-bond donors (Lipinski definition) is 2. The third-order valence-electron chi connectivity index (χ3n) is 4.32. The van der Waals surface area contributed by atoms with Gasteiger partial charge in [-0.1, -0.05) is 12.1 Å². The highest BCUT2D eigenvalue weighted by Gasteiger charge is 2.36. The summed E-state index contributed by atoms with van der Waals surface area (Å²) >= 11 is 0. The minimum atomic E-state index is -3.51. The van der Waals surface area contributed by atoms with Gasteiger partial charge in [-0.15, -0.1) is 12.4 Å². The van der Waals surface area contributed by atoms with Crippen LogP contribution in [0.5, 0.6) is 0 Å². The first-order valence-corrected chi connectivity index (χ1v) is 9.31. The number of amides is 1. The molecule has 0 saturated carbocycles. The molecule has 1 unspecified atom stereocenters. The summed E-state index contributed by atoms with van der Waals surface area (Å²) in [7, 11) is -0.549. The summed E-state index contributed by atoms with van der Waals surface area (Å²) in [6, 6.07) is 6.22. The van der Waals surface area contributed by atoms with Crippen molar-refractivity contribution in [1.82, 2.24) is 9.62 Å². The molecule has 1 amide bonds. The number of benzene rings is 1. The van der Waals surface area contributed by atoms with Gasteiger partial charge in [-0.05, 0) is 37.5 Å². The van der Waals surface area contributed by atoms with Gasteiger partial charge < -0.3 is 15.8 Å². The Balaban J connectivity index is 0.00000312. The lowest BCUT2D eigenvalue weighted by Gasteiger charge is -2.33. The van der Waals surface area contributed by atoms with E-state index >= 15 is 0 Å². The zero-order valence-electron chi connectivity index (χ0n) is 14.7. The molecule has 0 bridgehead atoms. The van der Waals surface area contributed by atoms with Gasteiger partial charge in [0, 0.05) is 27.3 Å². The number of rotatable bonds is 5. The zero-order chi connectivity index (χ0) is 18.0. The average Bonchev–Trinajstić information content (AvgIpc) is 2.55. The summed E-state index contributed by atoms with van der Waals surface area (Å²) in [5.74, 6) is -0.237. The maximum Gasteiger partial charge on any atom is 0.242 e. The minimum Gasteiger partial charge on any atom is -0.381 e. The van der Waals surface area contributed by atoms with Crippen LogP contribution in [0, 0.1) is 0 Å². The van der Waals surface area contributed by atoms with E-state index in [1.54, 1.807) is 18.2 Å². The van der Waals surface area contributed by atoms with Gasteiger partial charge in [0.1, 0.15) is 0 Å². The Morgan fingerprint density at radius 1 is 1.32 bits per heavy atom. The number of carbonyl (C=O) groups is 1. The van der Waals surface area contributed by atoms with Crippen molar-refractivity contribution in [1.29, 1.82) is 0 Å². The number of nitrogens with zero attached hydrogens (tertiary/aromatic N) is 1. The van der Waals surface area contributed by atoms with Crippen molar-refractivity contribution < 1.29 is 17.9 Å². The molecule has 0 radical (unpaired) electrons. The van der Waals surface area contributed by atoms with Gasteiger partial charge in [-0.3, -0.25) is 4.79 Å². The molecular weight excluding hydrogens is 366 g/mol. The van der Waals surface area contributed by atoms with E-state index in [9.17, 15) is 13.2 Å². The van der Waals surface area contributed by atoms with Crippen LogP contribution in [0.25, 0.3) is 0 Å². The Labute approximate surface area is 155 Å². The van der Waals surface area contributed by atoms with Crippen molar-refractivity contribution >= 4 is 28.3 Å². The zero-order valence-corrected chi connectivity index (χ0v) is 16.3. The molecule has 1 aromatic carbocycles. The van der Waals surface area contributed by atoms with E-state index in [4.69, 9.17) is 10.5 Å². The van der Waals surface area contributed by atoms with Crippen LogP contribution in [-0.2, 0) is 19.6 Å². The number of carbonyl (C=O) groups excluding carboxylic acids is 1. The van der Waals surface area contributed by atoms with Crippen LogP contribution < -0.4 is 11.1 Å². The quantitative estimate of drug-likeness (QED) is 0.780. The third-order valence-corrected chi connectivity index (χ3v) is 6.13. The second kappa shape index (κ2) is 8.46. The first-order chi connectivity index (χ1) is 11.2. The molecule has 1 aliphatic rings. The van der Waals surface area contributed by atoms with E-state index in [1.165, 1.54) is 20.2 Å². The van der Waals surface area contributed by atoms with Crippen LogP contribution in [-0.4, -0.2) is 51.5 Å². The van der Waals surface area contributed by atoms with Gasteiger partial charge in [0.2, 0.25) is 15.9 Å². The average molecular weight is 392 g/mol. The lowest BCUT2D eigenvalue weighted by atomic mass is 9.90. The number of hydrogen-bond acceptors (Lipinski definition) is 5. The summed E-state index contributed by atoms with van der Waals surface area (Å²) in [5.41, 5.74) is 5.95. The van der Waals surface area contributed by atoms with E-state index in [-0.39, 0.29) is 29.3 Å². The lowest BCUT2D eigenvalue weighted by molar-refractivity contribution is -0.130. The number of halogens is 1. The molecule has 1 fully saturated rings. The second-order valence-electron chi connectivity index (χ2n) is 6.32. The smallest absolute Gasteiger partial charge is 0.242 e. The van der Waals surface area contributed by atoms with Crippen LogP contribution in [0.2, 0.25) is 0 Å². The summed E-state index contributed by atoms with van der Waals surface area (Å²) in [6.07, 6.45) is 0.946. The van der Waals surface area contributed by atoms with Crippen LogP contribution >= 0.6 is 12.4 Å². The third kappa shape index (κ3) is 4.92. The summed E-state index contributed by atoms with van der Waals surface area (Å²) in [5, 5.41) is 2.89. The normalized spacial score (nSPS) is 18.3. The summed E-state index contributed by atoms with van der Waals surface area (Å²) < 4.78 is 30.9. The van der Waals surface area contributed by atoms with Crippen molar-refractivity contribution in [2.75, 3.05) is 27.3 Å². The van der Waals surface area contributed by atoms with Crippen LogP contribution in [0.15, 0.2) is 29.2 Å². The van der Waals surface area contributed by atoms with Crippen molar-refractivity contribution in [3.63, 3.8) is 0 Å². The molecular formula is C16H26ClN3O4S. The monoisotopic (exact) mass is 391 g/mol. The van der Waals surface area contributed by atoms with Crippen molar-refractivity contribution in [2.24, 2.45) is 5.73 Å². The molecule has 1 saturated heterocycles. The highest BCUT2D eigenvalue weighted by Crippen LogP contribution is 2.22. The molecule has 7 nitrogen and oxygen atoms in total. The maximum atomic E-state index is 12.5. The van der Waals surface area contributed by atoms with E-state index in [0.29, 0.717) is 31.6 Å². The van der Waals surface area contributed by atoms with Gasteiger partial charge in [0.25, 0.3) is 0 Å². The van der Waals surface area contributed by atoms with Crippen LogP contribution in [0.4, 0.5) is 0 Å². The fraction of sp³-hybridized carbons (Fsp3) is 0.562. The number of sulfonamides is 1. The van der Waals surface area contributed by atoms with Crippen LogP contribution in [0.1, 0.15) is 31.4 Å². The van der Waals surface area contributed by atoms with E-state index in [0.717, 1.165) is 4.31 Å². The molecule has 25 heavy (non-hydrogen) atoms. The predicted molar refractivity (Wildman–Crippen MR) is 98.1 cm³/mol. The second-order valence-corrected chi connectivity index (χ2v) is 8.48. The molecule has 1 aliphatic heterocycles. The van der Waals surface area contributed by atoms with Gasteiger partial charge in [-0.2, -0.15) is 0 Å². The van der Waals surface area contributed by atoms with E-state index in [2.05, 4.69) is 5.32 Å². The minimum absolute atomic E-state index is 0. The van der Waals surface area contributed by atoms with Gasteiger partial charge >= 0.3 is 0 Å². The maximum absolute atomic E-state index is 12.5. The first-order valence-electron chi connectivity index (χ1n) is 7.87. The van der Waals surface area contributed by atoms with Crippen molar-refractivity contribution in [2.45, 2.75) is 36.2 Å². The molecule has 1 heterocycles. The highest BCUT2D eigenvalue weighted by molar-refractivity contribution is 7.89. The predicted octanol–water partition coefficient (Wildman–Crippen LogP) is 1.04. The fourth-order valence-electron chi connectivity index (χ4n) is 2.54. The Morgan fingerprint density at radius 3 is 2.48 bits per heavy atom. The van der Waals surface area contributed by atoms with E-state index < -0.39 is 15.6 Å². The van der Waals surface area contributed by atoms with Crippen LogP contribution in [0.3, 0.4) is 0 Å². The van der Waals surface area contributed by atoms with Gasteiger partial charge in [0.15, 0.2) is 0 Å². The molecule has 0 aliphatic carbocycles. The Bertz CT molecular complexity index is 703. The van der Waals surface area contributed by atoms with Crippen molar-refractivity contribution in [3.05, 3.63) is 29.8 Å². The molecule has 1 aromatic rings. The number of nitrogens with one attached hydrogen (secondary N) is 1. The number of ether oxygens (including phenoxy) is 1. The summed E-state index contributed by atoms with van der Waals surface area (Å²) in [6.45, 7) is 2.74. The lowest BCUT2D eigenvalue weighted by Crippen LogP contribution is -2.57. The first kappa shape index (κ1) is 21.9. The van der Waals surface area contributed by atoms with Gasteiger partial charge in [0.05, 0.1) is 16.5 Å². The highest BCUT2D eigenvalue weighted by atomic mass is 35.5. The molecule has 1 atom stereocenters. The molecule has 2 rings (SSSR count). The Morgan fingerprint density at radius 2 is 1.92 bits per heavy atom. The topological polar surface area (TPSA) is 102 Å². The fourth-order valence-corrected chi connectivity index (χ4v) is 3.50. The molecule has 3 N–H and O–H groups in total. The Hall–Kier alpha value is -1.19. The standard InChI is InChI=1S/C16H25N3O4S.ClH/c1-12(18-15(20)16(17)7-9-23-10-8-16)13-5-4-6-14(11-13)24(21,22)19(2)3;/h4-6,11-12H,7-10,17H2,1-3H3,(H,18,20);1H. The molecule has 0 spiro atoms. The largest absolute Gasteiger partial charge is 0.381 e. The van der Waals surface area contributed by atoms with E-state index in [1.807, 2.05) is 6.92 Å². The summed E-state index contributed by atoms with van der Waals surface area (Å²) in [4.78, 5) is 12.7. The van der Waals surface area contributed by atoms with Gasteiger partial charge in [-0.25, -0.2) is 12.7 Å². The van der Waals surface area contributed by atoms with Crippen molar-refractivity contribution in [3.8, 4) is 0 Å². The Kier molecular flexibility index (Phi) is 7.40. The molecule has 142 valence electrons. The number of nitrogens with two attached hydrogens (primary N) is 1. The molecule has 9 heteroatoms. The molecule has 0 aromatic heterocycles.